The Morgan fingerprint density at radius 3 is 2.60 bits per heavy atom. The molecule has 0 aliphatic carbocycles. The van der Waals surface area contributed by atoms with Gasteiger partial charge in [-0.1, -0.05) is 0 Å². The first kappa shape index (κ1) is 21.7. The molecule has 0 spiro atoms. The molecule has 0 saturated carbocycles. The third kappa shape index (κ3) is 5.06. The highest BCUT2D eigenvalue weighted by molar-refractivity contribution is 5.94. The first-order valence-corrected chi connectivity index (χ1v) is 8.37. The molecule has 2 saturated heterocycles. The number of carbonyl (C=O) groups is 2. The van der Waals surface area contributed by atoms with E-state index in [-0.39, 0.29) is 48.6 Å². The van der Waals surface area contributed by atoms with Gasteiger partial charge in [0.25, 0.3) is 5.91 Å². The van der Waals surface area contributed by atoms with Gasteiger partial charge in [0.1, 0.15) is 0 Å². The zero-order valence-electron chi connectivity index (χ0n) is 14.4. The monoisotopic (exact) mass is 388 g/mol. The summed E-state index contributed by atoms with van der Waals surface area (Å²) in [5.41, 5.74) is 0.642. The number of carbonyl (C=O) groups excluding carboxylic acids is 2. The number of halogens is 2. The topological polar surface area (TPSA) is 65.5 Å². The van der Waals surface area contributed by atoms with E-state index in [9.17, 15) is 9.59 Å². The average molecular weight is 389 g/mol. The van der Waals surface area contributed by atoms with Gasteiger partial charge in [-0.2, -0.15) is 0 Å². The van der Waals surface area contributed by atoms with Crippen LogP contribution in [0.25, 0.3) is 0 Å². The number of piperazine rings is 1. The van der Waals surface area contributed by atoms with Crippen LogP contribution in [-0.4, -0.2) is 65.4 Å². The summed E-state index contributed by atoms with van der Waals surface area (Å²) in [6, 6.07) is 3.68. The van der Waals surface area contributed by atoms with Crippen molar-refractivity contribution >= 4 is 36.6 Å². The number of aromatic nitrogens is 1. The van der Waals surface area contributed by atoms with Crippen LogP contribution in [-0.2, 0) is 4.79 Å². The van der Waals surface area contributed by atoms with Crippen molar-refractivity contribution in [2.45, 2.75) is 25.8 Å². The van der Waals surface area contributed by atoms with Crippen LogP contribution >= 0.6 is 24.8 Å². The molecule has 2 atom stereocenters. The lowest BCUT2D eigenvalue weighted by Gasteiger charge is -2.39. The highest BCUT2D eigenvalue weighted by Crippen LogP contribution is 2.22. The van der Waals surface area contributed by atoms with Gasteiger partial charge in [0.2, 0.25) is 5.91 Å². The maximum Gasteiger partial charge on any atom is 0.253 e. The van der Waals surface area contributed by atoms with E-state index < -0.39 is 0 Å². The molecule has 2 amide bonds. The van der Waals surface area contributed by atoms with Gasteiger partial charge in [0, 0.05) is 56.7 Å². The van der Waals surface area contributed by atoms with Gasteiger partial charge < -0.3 is 15.1 Å². The van der Waals surface area contributed by atoms with E-state index in [1.807, 2.05) is 9.80 Å². The first-order valence-electron chi connectivity index (χ1n) is 8.37. The Kier molecular flexibility index (Phi) is 8.62. The summed E-state index contributed by atoms with van der Waals surface area (Å²) >= 11 is 0. The normalized spacial score (nSPS) is 23.2. The number of likely N-dealkylation sites (tertiary alicyclic amines) is 1. The van der Waals surface area contributed by atoms with Crippen LogP contribution in [0.2, 0.25) is 0 Å². The lowest BCUT2D eigenvalue weighted by Crippen LogP contribution is -2.55. The Morgan fingerprint density at radius 2 is 1.92 bits per heavy atom. The van der Waals surface area contributed by atoms with Crippen LogP contribution in [0.4, 0.5) is 0 Å². The molecule has 2 aliphatic heterocycles. The second kappa shape index (κ2) is 9.94. The Hall–Kier alpha value is -1.37. The number of pyridine rings is 1. The molecule has 2 aliphatic rings. The molecule has 0 aromatic carbocycles. The van der Waals surface area contributed by atoms with Gasteiger partial charge in [-0.05, 0) is 31.9 Å². The maximum atomic E-state index is 12.8. The highest BCUT2D eigenvalue weighted by atomic mass is 35.5. The van der Waals surface area contributed by atoms with Gasteiger partial charge in [0.05, 0.1) is 5.92 Å². The molecule has 8 heteroatoms. The van der Waals surface area contributed by atoms with Crippen LogP contribution < -0.4 is 5.32 Å². The number of amides is 2. The van der Waals surface area contributed by atoms with E-state index in [2.05, 4.69) is 17.2 Å². The molecule has 25 heavy (non-hydrogen) atoms. The summed E-state index contributed by atoms with van der Waals surface area (Å²) in [7, 11) is 0. The zero-order chi connectivity index (χ0) is 16.2. The number of hydrogen-bond donors (Lipinski definition) is 1. The first-order chi connectivity index (χ1) is 11.2. The van der Waals surface area contributed by atoms with Crippen LogP contribution in [0.1, 0.15) is 30.1 Å². The average Bonchev–Trinajstić information content (AvgIpc) is 2.62. The quantitative estimate of drug-likeness (QED) is 0.835. The number of hydrogen-bond acceptors (Lipinski definition) is 4. The minimum Gasteiger partial charge on any atom is -0.338 e. The fourth-order valence-electron chi connectivity index (χ4n) is 3.44. The standard InChI is InChI=1S/C17H24N4O2.2ClH/c1-13-11-19-8-10-21(13)17(23)15-3-2-9-20(12-15)16(22)14-4-6-18-7-5-14;;/h4-7,13,15,19H,2-3,8-12H2,1H3;2*1H/t13-,15?;;/m1../s1. The molecule has 3 heterocycles. The number of nitrogens with zero attached hydrogens (tertiary/aromatic N) is 3. The van der Waals surface area contributed by atoms with Crippen molar-refractivity contribution in [3.63, 3.8) is 0 Å². The van der Waals surface area contributed by atoms with E-state index >= 15 is 0 Å². The van der Waals surface area contributed by atoms with E-state index in [4.69, 9.17) is 0 Å². The summed E-state index contributed by atoms with van der Waals surface area (Å²) in [6.45, 7) is 5.78. The fourth-order valence-corrected chi connectivity index (χ4v) is 3.44. The van der Waals surface area contributed by atoms with Crippen LogP contribution in [0, 0.1) is 5.92 Å². The molecular weight excluding hydrogens is 363 g/mol. The fraction of sp³-hybridized carbons (Fsp3) is 0.588. The number of rotatable bonds is 2. The Labute approximate surface area is 161 Å². The molecule has 2 fully saturated rings. The van der Waals surface area contributed by atoms with Gasteiger partial charge in [-0.25, -0.2) is 0 Å². The zero-order valence-corrected chi connectivity index (χ0v) is 16.0. The van der Waals surface area contributed by atoms with E-state index in [0.29, 0.717) is 12.1 Å². The third-order valence-electron chi connectivity index (χ3n) is 4.77. The largest absolute Gasteiger partial charge is 0.338 e. The van der Waals surface area contributed by atoms with Gasteiger partial charge in [0.15, 0.2) is 0 Å². The van der Waals surface area contributed by atoms with Crippen molar-refractivity contribution in [3.8, 4) is 0 Å². The summed E-state index contributed by atoms with van der Waals surface area (Å²) in [4.78, 5) is 33.1. The molecular formula is C17H26Cl2N4O2. The summed E-state index contributed by atoms with van der Waals surface area (Å²) in [6.07, 6.45) is 5.01. The van der Waals surface area contributed by atoms with Crippen molar-refractivity contribution in [1.29, 1.82) is 0 Å². The van der Waals surface area contributed by atoms with Crippen LogP contribution in [0.5, 0.6) is 0 Å². The van der Waals surface area contributed by atoms with E-state index in [1.165, 1.54) is 0 Å². The van der Waals surface area contributed by atoms with Crippen molar-refractivity contribution in [3.05, 3.63) is 30.1 Å². The van der Waals surface area contributed by atoms with Crippen LogP contribution in [0.15, 0.2) is 24.5 Å². The van der Waals surface area contributed by atoms with Gasteiger partial charge in [-0.3, -0.25) is 14.6 Å². The summed E-state index contributed by atoms with van der Waals surface area (Å²) in [5.74, 6) is 0.125. The number of piperidine rings is 1. The Balaban J connectivity index is 0.00000156. The van der Waals surface area contributed by atoms with Crippen molar-refractivity contribution in [1.82, 2.24) is 20.1 Å². The van der Waals surface area contributed by atoms with E-state index in [1.54, 1.807) is 24.5 Å². The molecule has 6 nitrogen and oxygen atoms in total. The molecule has 1 N–H and O–H groups in total. The Bertz CT molecular complexity index is 573. The molecule has 0 bridgehead atoms. The molecule has 1 aromatic rings. The maximum absolute atomic E-state index is 12.8. The highest BCUT2D eigenvalue weighted by Gasteiger charge is 2.33. The molecule has 1 unspecified atom stereocenters. The predicted octanol–water partition coefficient (Wildman–Crippen LogP) is 1.60. The van der Waals surface area contributed by atoms with Crippen LogP contribution in [0.3, 0.4) is 0 Å². The molecule has 3 rings (SSSR count). The molecule has 140 valence electrons. The van der Waals surface area contributed by atoms with Crippen molar-refractivity contribution in [2.24, 2.45) is 5.92 Å². The third-order valence-corrected chi connectivity index (χ3v) is 4.77. The molecule has 0 radical (unpaired) electrons. The molecule has 1 aromatic heterocycles. The Morgan fingerprint density at radius 1 is 1.20 bits per heavy atom. The van der Waals surface area contributed by atoms with E-state index in [0.717, 1.165) is 39.0 Å². The predicted molar refractivity (Wildman–Crippen MR) is 101 cm³/mol. The smallest absolute Gasteiger partial charge is 0.253 e. The van der Waals surface area contributed by atoms with Gasteiger partial charge in [-0.15, -0.1) is 24.8 Å². The lowest BCUT2D eigenvalue weighted by atomic mass is 9.95. The van der Waals surface area contributed by atoms with Crippen molar-refractivity contribution < 1.29 is 9.59 Å². The van der Waals surface area contributed by atoms with Gasteiger partial charge >= 0.3 is 0 Å². The summed E-state index contributed by atoms with van der Waals surface area (Å²) < 4.78 is 0. The minimum absolute atomic E-state index is 0. The SMILES string of the molecule is C[C@@H]1CNCCN1C(=O)C1CCCN(C(=O)c2ccncc2)C1.Cl.Cl. The summed E-state index contributed by atoms with van der Waals surface area (Å²) in [5, 5.41) is 3.31. The second-order valence-electron chi connectivity index (χ2n) is 6.41. The number of nitrogens with one attached hydrogen (secondary N) is 1. The second-order valence-corrected chi connectivity index (χ2v) is 6.41. The minimum atomic E-state index is -0.0740. The van der Waals surface area contributed by atoms with Crippen molar-refractivity contribution in [2.75, 3.05) is 32.7 Å². The lowest BCUT2D eigenvalue weighted by molar-refractivity contribution is -0.139.